The van der Waals surface area contributed by atoms with Crippen LogP contribution >= 0.6 is 0 Å². The summed E-state index contributed by atoms with van der Waals surface area (Å²) < 4.78 is 1.71. The van der Waals surface area contributed by atoms with E-state index in [2.05, 4.69) is 25.9 Å². The second-order valence-corrected chi connectivity index (χ2v) is 6.85. The van der Waals surface area contributed by atoms with Gasteiger partial charge >= 0.3 is 5.69 Å². The SMILES string of the molecule is Cc1nn(C2CCCCC2C(C)(C)C)c(N)c1[N+](=O)[O-]. The summed E-state index contributed by atoms with van der Waals surface area (Å²) in [5, 5.41) is 15.5. The highest BCUT2D eigenvalue weighted by Crippen LogP contribution is 2.46. The van der Waals surface area contributed by atoms with E-state index in [0.717, 1.165) is 19.3 Å². The Kier molecular flexibility index (Phi) is 3.75. The Labute approximate surface area is 119 Å². The van der Waals surface area contributed by atoms with E-state index >= 15 is 0 Å². The fourth-order valence-electron chi connectivity index (χ4n) is 3.45. The van der Waals surface area contributed by atoms with Gasteiger partial charge in [-0.2, -0.15) is 5.10 Å². The van der Waals surface area contributed by atoms with Crippen LogP contribution in [0.5, 0.6) is 0 Å². The van der Waals surface area contributed by atoms with Crippen LogP contribution in [0.4, 0.5) is 11.5 Å². The van der Waals surface area contributed by atoms with Crippen LogP contribution in [0.25, 0.3) is 0 Å². The van der Waals surface area contributed by atoms with Gasteiger partial charge in [-0.15, -0.1) is 0 Å². The molecule has 0 bridgehead atoms. The number of nitrogens with two attached hydrogens (primary N) is 1. The molecule has 6 heteroatoms. The first-order chi connectivity index (χ1) is 9.23. The summed E-state index contributed by atoms with van der Waals surface area (Å²) >= 11 is 0. The van der Waals surface area contributed by atoms with E-state index in [4.69, 9.17) is 5.73 Å². The first-order valence-electron chi connectivity index (χ1n) is 7.22. The highest BCUT2D eigenvalue weighted by molar-refractivity contribution is 5.56. The number of nitro groups is 1. The van der Waals surface area contributed by atoms with Gasteiger partial charge in [0.2, 0.25) is 5.82 Å². The van der Waals surface area contributed by atoms with E-state index in [0.29, 0.717) is 11.6 Å². The molecule has 2 rings (SSSR count). The Hall–Kier alpha value is -1.59. The first kappa shape index (κ1) is 14.8. The standard InChI is InChI=1S/C14H24N4O2/c1-9-12(18(19)20)13(15)17(16-9)11-8-6-5-7-10(11)14(2,3)4/h10-11H,5-8,15H2,1-4H3. The highest BCUT2D eigenvalue weighted by atomic mass is 16.6. The van der Waals surface area contributed by atoms with Crippen LogP contribution in [0.15, 0.2) is 0 Å². The molecular weight excluding hydrogens is 256 g/mol. The third-order valence-electron chi connectivity index (χ3n) is 4.43. The van der Waals surface area contributed by atoms with Gasteiger partial charge in [0.05, 0.1) is 11.0 Å². The summed E-state index contributed by atoms with van der Waals surface area (Å²) in [5.74, 6) is 0.645. The molecule has 1 aliphatic carbocycles. The Morgan fingerprint density at radius 1 is 1.35 bits per heavy atom. The highest BCUT2D eigenvalue weighted by Gasteiger charge is 2.38. The zero-order valence-corrected chi connectivity index (χ0v) is 12.7. The summed E-state index contributed by atoms with van der Waals surface area (Å²) in [7, 11) is 0. The zero-order valence-electron chi connectivity index (χ0n) is 12.7. The molecule has 0 aromatic carbocycles. The molecule has 112 valence electrons. The van der Waals surface area contributed by atoms with Gasteiger partial charge < -0.3 is 5.73 Å². The molecule has 0 saturated heterocycles. The van der Waals surface area contributed by atoms with Gasteiger partial charge in [-0.05, 0) is 31.1 Å². The minimum Gasteiger partial charge on any atom is -0.378 e. The Bertz CT molecular complexity index is 516. The van der Waals surface area contributed by atoms with Gasteiger partial charge in [0.15, 0.2) is 0 Å². The number of aryl methyl sites for hydroxylation is 1. The largest absolute Gasteiger partial charge is 0.378 e. The number of nitrogens with zero attached hydrogens (tertiary/aromatic N) is 3. The van der Waals surface area contributed by atoms with E-state index in [1.165, 1.54) is 6.42 Å². The molecule has 20 heavy (non-hydrogen) atoms. The van der Waals surface area contributed by atoms with E-state index < -0.39 is 4.92 Å². The summed E-state index contributed by atoms with van der Waals surface area (Å²) in [5.41, 5.74) is 6.51. The van der Waals surface area contributed by atoms with Crippen LogP contribution in [0.3, 0.4) is 0 Å². The number of hydrogen-bond acceptors (Lipinski definition) is 4. The molecule has 0 spiro atoms. The van der Waals surface area contributed by atoms with Gasteiger partial charge in [-0.3, -0.25) is 10.1 Å². The monoisotopic (exact) mass is 280 g/mol. The van der Waals surface area contributed by atoms with Crippen molar-refractivity contribution in [1.29, 1.82) is 0 Å². The average molecular weight is 280 g/mol. The molecule has 1 saturated carbocycles. The third-order valence-corrected chi connectivity index (χ3v) is 4.43. The van der Waals surface area contributed by atoms with Crippen molar-refractivity contribution in [3.63, 3.8) is 0 Å². The maximum absolute atomic E-state index is 11.1. The lowest BCUT2D eigenvalue weighted by Gasteiger charge is -2.40. The molecule has 1 aromatic heterocycles. The van der Waals surface area contributed by atoms with Crippen LogP contribution in [-0.2, 0) is 0 Å². The van der Waals surface area contributed by atoms with Crippen molar-refractivity contribution in [2.45, 2.75) is 59.4 Å². The summed E-state index contributed by atoms with van der Waals surface area (Å²) in [6.07, 6.45) is 4.45. The molecule has 0 aliphatic heterocycles. The molecule has 2 unspecified atom stereocenters. The van der Waals surface area contributed by atoms with E-state index in [1.807, 2.05) is 0 Å². The van der Waals surface area contributed by atoms with Gasteiger partial charge in [-0.1, -0.05) is 33.6 Å². The summed E-state index contributed by atoms with van der Waals surface area (Å²) in [4.78, 5) is 10.7. The smallest absolute Gasteiger partial charge is 0.333 e. The molecule has 6 nitrogen and oxygen atoms in total. The van der Waals surface area contributed by atoms with Crippen molar-refractivity contribution in [1.82, 2.24) is 9.78 Å². The van der Waals surface area contributed by atoms with Crippen LogP contribution < -0.4 is 5.73 Å². The maximum Gasteiger partial charge on any atom is 0.333 e. The molecule has 2 N–H and O–H groups in total. The average Bonchev–Trinajstić information content (AvgIpc) is 2.63. The quantitative estimate of drug-likeness (QED) is 0.663. The molecular formula is C14H24N4O2. The number of anilines is 1. The second-order valence-electron chi connectivity index (χ2n) is 6.85. The Balaban J connectivity index is 2.44. The van der Waals surface area contributed by atoms with E-state index in [1.54, 1.807) is 11.6 Å². The normalized spacial score (nSPS) is 23.8. The molecule has 2 atom stereocenters. The number of nitrogen functional groups attached to an aromatic ring is 1. The zero-order chi connectivity index (χ0) is 15.1. The van der Waals surface area contributed by atoms with E-state index in [9.17, 15) is 10.1 Å². The number of rotatable bonds is 2. The van der Waals surface area contributed by atoms with Gasteiger partial charge in [0.1, 0.15) is 5.69 Å². The predicted molar refractivity (Wildman–Crippen MR) is 78.5 cm³/mol. The molecule has 1 aliphatic rings. The topological polar surface area (TPSA) is 87.0 Å². The van der Waals surface area contributed by atoms with Crippen LogP contribution in [0.2, 0.25) is 0 Å². The van der Waals surface area contributed by atoms with Gasteiger partial charge in [0, 0.05) is 0 Å². The third kappa shape index (κ3) is 2.51. The minimum atomic E-state index is -0.427. The Morgan fingerprint density at radius 2 is 1.95 bits per heavy atom. The lowest BCUT2D eigenvalue weighted by Crippen LogP contribution is -2.34. The molecule has 0 radical (unpaired) electrons. The van der Waals surface area contributed by atoms with E-state index in [-0.39, 0.29) is 23.0 Å². The second kappa shape index (κ2) is 5.07. The van der Waals surface area contributed by atoms with Crippen molar-refractivity contribution < 1.29 is 4.92 Å². The number of aromatic nitrogens is 2. The fourth-order valence-corrected chi connectivity index (χ4v) is 3.45. The van der Waals surface area contributed by atoms with Crippen LogP contribution in [-0.4, -0.2) is 14.7 Å². The van der Waals surface area contributed by atoms with Crippen molar-refractivity contribution in [3.8, 4) is 0 Å². The number of hydrogen-bond donors (Lipinski definition) is 1. The van der Waals surface area contributed by atoms with Crippen molar-refractivity contribution in [2.24, 2.45) is 11.3 Å². The van der Waals surface area contributed by atoms with Gasteiger partial charge in [0.25, 0.3) is 0 Å². The minimum absolute atomic E-state index is 0.0387. The van der Waals surface area contributed by atoms with Crippen molar-refractivity contribution in [3.05, 3.63) is 15.8 Å². The predicted octanol–water partition coefficient (Wildman–Crippen LogP) is 3.46. The van der Waals surface area contributed by atoms with Crippen molar-refractivity contribution in [2.75, 3.05) is 5.73 Å². The molecule has 1 aromatic rings. The first-order valence-corrected chi connectivity index (χ1v) is 7.22. The Morgan fingerprint density at radius 3 is 2.45 bits per heavy atom. The lowest BCUT2D eigenvalue weighted by atomic mass is 9.69. The van der Waals surface area contributed by atoms with Crippen LogP contribution in [0.1, 0.15) is 58.2 Å². The fraction of sp³-hybridized carbons (Fsp3) is 0.786. The molecule has 1 heterocycles. The molecule has 1 fully saturated rings. The summed E-state index contributed by atoms with van der Waals surface area (Å²) in [6.45, 7) is 8.31. The van der Waals surface area contributed by atoms with Gasteiger partial charge in [-0.25, -0.2) is 4.68 Å². The maximum atomic E-state index is 11.1. The molecule has 0 amide bonds. The van der Waals surface area contributed by atoms with Crippen molar-refractivity contribution >= 4 is 11.5 Å². The van der Waals surface area contributed by atoms with Crippen LogP contribution in [0, 0.1) is 28.4 Å². The summed E-state index contributed by atoms with van der Waals surface area (Å²) in [6, 6.07) is 0.163. The lowest BCUT2D eigenvalue weighted by molar-refractivity contribution is -0.384.